The van der Waals surface area contributed by atoms with Crippen LogP contribution < -0.4 is 0 Å². The van der Waals surface area contributed by atoms with E-state index in [1.807, 2.05) is 6.92 Å². The Kier molecular flexibility index (Phi) is 2.91. The van der Waals surface area contributed by atoms with Crippen LogP contribution in [0.25, 0.3) is 0 Å². The number of aliphatic hydroxyl groups is 1. The van der Waals surface area contributed by atoms with Gasteiger partial charge in [-0.25, -0.2) is 0 Å². The van der Waals surface area contributed by atoms with Crippen molar-refractivity contribution in [3.05, 3.63) is 22.4 Å². The second kappa shape index (κ2) is 4.01. The molecule has 0 radical (unpaired) electrons. The minimum absolute atomic E-state index is 0.211. The molecule has 2 atom stereocenters. The number of hydrogen-bond donors (Lipinski definition) is 1. The van der Waals surface area contributed by atoms with Crippen molar-refractivity contribution in [2.45, 2.75) is 37.9 Å². The quantitative estimate of drug-likeness (QED) is 0.832. The molecule has 0 aliphatic carbocycles. The van der Waals surface area contributed by atoms with Crippen LogP contribution in [0.4, 0.5) is 0 Å². The molecule has 2 heterocycles. The number of hydrogen-bond acceptors (Lipinski definition) is 3. The molecule has 1 aliphatic rings. The van der Waals surface area contributed by atoms with Crippen LogP contribution in [0.5, 0.6) is 0 Å². The molecule has 0 amide bonds. The summed E-state index contributed by atoms with van der Waals surface area (Å²) in [5.41, 5.74) is -0.580. The third kappa shape index (κ3) is 2.35. The van der Waals surface area contributed by atoms with Crippen molar-refractivity contribution < 1.29 is 9.84 Å². The van der Waals surface area contributed by atoms with Gasteiger partial charge in [-0.15, -0.1) is 11.3 Å². The van der Waals surface area contributed by atoms with Crippen molar-refractivity contribution >= 4 is 11.3 Å². The summed E-state index contributed by atoms with van der Waals surface area (Å²) in [6.07, 6.45) is 2.77. The third-order valence-corrected chi connectivity index (χ3v) is 3.66. The van der Waals surface area contributed by atoms with Crippen molar-refractivity contribution in [3.8, 4) is 0 Å². The maximum Gasteiger partial charge on any atom is 0.0908 e. The first-order valence-corrected chi connectivity index (χ1v) is 5.92. The SMILES string of the molecule is CC1CC(O)(CCc2cccs2)CO1. The lowest BCUT2D eigenvalue weighted by atomic mass is 9.94. The molecule has 0 bridgehead atoms. The summed E-state index contributed by atoms with van der Waals surface area (Å²) in [7, 11) is 0. The van der Waals surface area contributed by atoms with Gasteiger partial charge in [-0.1, -0.05) is 6.07 Å². The summed E-state index contributed by atoms with van der Waals surface area (Å²) in [6.45, 7) is 2.52. The summed E-state index contributed by atoms with van der Waals surface area (Å²) in [4.78, 5) is 1.35. The van der Waals surface area contributed by atoms with Gasteiger partial charge in [0.15, 0.2) is 0 Å². The average molecular weight is 212 g/mol. The topological polar surface area (TPSA) is 29.5 Å². The lowest BCUT2D eigenvalue weighted by Crippen LogP contribution is -2.29. The second-order valence-electron chi connectivity index (χ2n) is 4.13. The van der Waals surface area contributed by atoms with Gasteiger partial charge in [-0.05, 0) is 31.2 Å². The zero-order valence-corrected chi connectivity index (χ0v) is 9.22. The largest absolute Gasteiger partial charge is 0.387 e. The van der Waals surface area contributed by atoms with Crippen molar-refractivity contribution in [2.75, 3.05) is 6.61 Å². The standard InChI is InChI=1S/C11H16O2S/c1-9-7-11(12,8-13-9)5-4-10-3-2-6-14-10/h2-3,6,9,12H,4-5,7-8H2,1H3. The molecule has 2 nitrogen and oxygen atoms in total. The van der Waals surface area contributed by atoms with Gasteiger partial charge in [0.05, 0.1) is 18.3 Å². The summed E-state index contributed by atoms with van der Waals surface area (Å²) < 4.78 is 5.39. The Balaban J connectivity index is 1.86. The zero-order valence-electron chi connectivity index (χ0n) is 8.40. The second-order valence-corrected chi connectivity index (χ2v) is 5.16. The monoisotopic (exact) mass is 212 g/mol. The van der Waals surface area contributed by atoms with Crippen LogP contribution in [0.1, 0.15) is 24.6 Å². The molecule has 1 fully saturated rings. The highest BCUT2D eigenvalue weighted by atomic mass is 32.1. The van der Waals surface area contributed by atoms with Crippen LogP contribution in [0.2, 0.25) is 0 Å². The van der Waals surface area contributed by atoms with Crippen molar-refractivity contribution in [3.63, 3.8) is 0 Å². The molecule has 78 valence electrons. The first kappa shape index (κ1) is 10.1. The van der Waals surface area contributed by atoms with Crippen LogP contribution in [-0.4, -0.2) is 23.4 Å². The third-order valence-electron chi connectivity index (χ3n) is 2.72. The Morgan fingerprint density at radius 1 is 1.71 bits per heavy atom. The molecule has 2 rings (SSSR count). The zero-order chi connectivity index (χ0) is 10.0. The highest BCUT2D eigenvalue weighted by molar-refractivity contribution is 7.09. The normalized spacial score (nSPS) is 32.3. The molecule has 2 unspecified atom stereocenters. The Bertz CT molecular complexity index is 283. The van der Waals surface area contributed by atoms with Crippen LogP contribution in [0.3, 0.4) is 0 Å². The van der Waals surface area contributed by atoms with E-state index in [-0.39, 0.29) is 6.10 Å². The van der Waals surface area contributed by atoms with E-state index in [1.165, 1.54) is 4.88 Å². The molecular formula is C11H16O2S. The van der Waals surface area contributed by atoms with Crippen LogP contribution in [0, 0.1) is 0 Å². The molecular weight excluding hydrogens is 196 g/mol. The van der Waals surface area contributed by atoms with Crippen molar-refractivity contribution in [2.24, 2.45) is 0 Å². The molecule has 0 spiro atoms. The maximum absolute atomic E-state index is 10.1. The Morgan fingerprint density at radius 2 is 2.57 bits per heavy atom. The first-order valence-electron chi connectivity index (χ1n) is 5.04. The van der Waals surface area contributed by atoms with E-state index < -0.39 is 5.60 Å². The Hall–Kier alpha value is -0.380. The lowest BCUT2D eigenvalue weighted by Gasteiger charge is -2.19. The van der Waals surface area contributed by atoms with Gasteiger partial charge in [-0.2, -0.15) is 0 Å². The molecule has 1 aromatic heterocycles. The van der Waals surface area contributed by atoms with Gasteiger partial charge in [-0.3, -0.25) is 0 Å². The summed E-state index contributed by atoms with van der Waals surface area (Å²) in [5.74, 6) is 0. The molecule has 3 heteroatoms. The van der Waals surface area contributed by atoms with E-state index >= 15 is 0 Å². The summed E-state index contributed by atoms with van der Waals surface area (Å²) >= 11 is 1.75. The molecule has 14 heavy (non-hydrogen) atoms. The summed E-state index contributed by atoms with van der Waals surface area (Å²) in [5, 5.41) is 12.2. The van der Waals surface area contributed by atoms with Crippen molar-refractivity contribution in [1.29, 1.82) is 0 Å². The predicted molar refractivity (Wildman–Crippen MR) is 57.6 cm³/mol. The van der Waals surface area contributed by atoms with E-state index in [9.17, 15) is 5.11 Å². The van der Waals surface area contributed by atoms with E-state index in [1.54, 1.807) is 11.3 Å². The number of ether oxygens (including phenoxy) is 1. The first-order chi connectivity index (χ1) is 6.68. The summed E-state index contributed by atoms with van der Waals surface area (Å²) in [6, 6.07) is 4.17. The van der Waals surface area contributed by atoms with Crippen molar-refractivity contribution in [1.82, 2.24) is 0 Å². The number of aryl methyl sites for hydroxylation is 1. The molecule has 1 saturated heterocycles. The van der Waals surface area contributed by atoms with E-state index in [0.29, 0.717) is 6.61 Å². The Labute approximate surface area is 88.5 Å². The Morgan fingerprint density at radius 3 is 3.14 bits per heavy atom. The van der Waals surface area contributed by atoms with Crippen LogP contribution in [0.15, 0.2) is 17.5 Å². The molecule has 1 aromatic rings. The van der Waals surface area contributed by atoms with Gasteiger partial charge in [0.25, 0.3) is 0 Å². The van der Waals surface area contributed by atoms with Gasteiger partial charge in [0.1, 0.15) is 0 Å². The van der Waals surface area contributed by atoms with E-state index in [4.69, 9.17) is 4.74 Å². The van der Waals surface area contributed by atoms with E-state index in [2.05, 4.69) is 17.5 Å². The average Bonchev–Trinajstić information content (AvgIpc) is 2.73. The minimum atomic E-state index is -0.580. The number of rotatable bonds is 3. The fourth-order valence-corrected chi connectivity index (χ4v) is 2.64. The molecule has 1 aliphatic heterocycles. The van der Waals surface area contributed by atoms with Gasteiger partial charge in [0.2, 0.25) is 0 Å². The van der Waals surface area contributed by atoms with Crippen LogP contribution in [-0.2, 0) is 11.2 Å². The number of thiophene rings is 1. The predicted octanol–water partition coefficient (Wildman–Crippen LogP) is 2.22. The fraction of sp³-hybridized carbons (Fsp3) is 0.636. The highest BCUT2D eigenvalue weighted by Gasteiger charge is 2.35. The van der Waals surface area contributed by atoms with Gasteiger partial charge in [0, 0.05) is 11.3 Å². The smallest absolute Gasteiger partial charge is 0.0908 e. The minimum Gasteiger partial charge on any atom is -0.387 e. The van der Waals surface area contributed by atoms with Crippen LogP contribution >= 0.6 is 11.3 Å². The van der Waals surface area contributed by atoms with E-state index in [0.717, 1.165) is 19.3 Å². The lowest BCUT2D eigenvalue weighted by molar-refractivity contribution is 0.0163. The maximum atomic E-state index is 10.1. The molecule has 1 N–H and O–H groups in total. The highest BCUT2D eigenvalue weighted by Crippen LogP contribution is 2.28. The molecule has 0 aromatic carbocycles. The fourth-order valence-electron chi connectivity index (χ4n) is 1.94. The van der Waals surface area contributed by atoms with Gasteiger partial charge < -0.3 is 9.84 Å². The van der Waals surface area contributed by atoms with Gasteiger partial charge >= 0.3 is 0 Å². The molecule has 0 saturated carbocycles.